The Kier molecular flexibility index (Phi) is 7.36. The minimum atomic E-state index is -0.878. The van der Waals surface area contributed by atoms with E-state index in [1.807, 2.05) is 26.0 Å². The number of carbonyl (C=O) groups excluding carboxylic acids is 3. The number of hydrogen-bond acceptors (Lipinski definition) is 4. The topological polar surface area (TPSA) is 81.8 Å². The van der Waals surface area contributed by atoms with Crippen molar-refractivity contribution < 1.29 is 14.4 Å². The molecule has 0 unspecified atom stereocenters. The Hall–Kier alpha value is -2.41. The number of benzene rings is 1. The highest BCUT2D eigenvalue weighted by Crippen LogP contribution is 2.25. The van der Waals surface area contributed by atoms with E-state index < -0.39 is 11.6 Å². The first kappa shape index (κ1) is 23.3. The summed E-state index contributed by atoms with van der Waals surface area (Å²) in [6, 6.07) is 7.78. The number of nitrogens with zero attached hydrogens (tertiary/aromatic N) is 2. The first-order chi connectivity index (χ1) is 14.8. The quantitative estimate of drug-likeness (QED) is 0.624. The molecule has 0 aliphatic carbocycles. The highest BCUT2D eigenvalue weighted by molar-refractivity contribution is 6.08. The molecule has 7 heteroatoms. The van der Waals surface area contributed by atoms with Gasteiger partial charge in [0.15, 0.2) is 0 Å². The summed E-state index contributed by atoms with van der Waals surface area (Å²) in [5.74, 6) is 0.820. The molecule has 2 fully saturated rings. The van der Waals surface area contributed by atoms with E-state index in [4.69, 9.17) is 0 Å². The van der Waals surface area contributed by atoms with Crippen LogP contribution in [0.15, 0.2) is 24.3 Å². The van der Waals surface area contributed by atoms with Crippen LogP contribution in [-0.4, -0.2) is 52.8 Å². The fourth-order valence-corrected chi connectivity index (χ4v) is 4.89. The Balaban J connectivity index is 1.48. The highest BCUT2D eigenvalue weighted by Gasteiger charge is 2.49. The zero-order chi connectivity index (χ0) is 22.6. The molecular weight excluding hydrogens is 392 g/mol. The van der Waals surface area contributed by atoms with Crippen molar-refractivity contribution in [3.63, 3.8) is 0 Å². The number of hydrogen-bond donors (Lipinski definition) is 2. The van der Waals surface area contributed by atoms with Crippen molar-refractivity contribution in [3.05, 3.63) is 35.4 Å². The van der Waals surface area contributed by atoms with E-state index in [1.54, 1.807) is 0 Å². The largest absolute Gasteiger partial charge is 0.350 e. The molecule has 1 aromatic carbocycles. The van der Waals surface area contributed by atoms with E-state index >= 15 is 0 Å². The molecule has 2 heterocycles. The Morgan fingerprint density at radius 2 is 1.65 bits per heavy atom. The van der Waals surface area contributed by atoms with Crippen LogP contribution in [0, 0.1) is 11.8 Å². The number of nitrogens with one attached hydrogen (secondary N) is 2. The summed E-state index contributed by atoms with van der Waals surface area (Å²) in [5, 5.41) is 5.56. The molecule has 7 nitrogen and oxygen atoms in total. The maximum Gasteiger partial charge on any atom is 0.325 e. The molecular formula is C24H36N4O3. The summed E-state index contributed by atoms with van der Waals surface area (Å²) in [6.07, 6.45) is 2.32. The Morgan fingerprint density at radius 1 is 1.06 bits per heavy atom. The Labute approximate surface area is 185 Å². The summed E-state index contributed by atoms with van der Waals surface area (Å²) in [4.78, 5) is 40.7. The maximum atomic E-state index is 12.6. The van der Waals surface area contributed by atoms with Gasteiger partial charge in [-0.3, -0.25) is 19.4 Å². The van der Waals surface area contributed by atoms with Gasteiger partial charge in [0.25, 0.3) is 5.91 Å². The third-order valence-corrected chi connectivity index (χ3v) is 6.62. The van der Waals surface area contributed by atoms with Gasteiger partial charge in [-0.25, -0.2) is 4.79 Å². The fourth-order valence-electron chi connectivity index (χ4n) is 4.89. The minimum absolute atomic E-state index is 0.254. The molecule has 3 rings (SSSR count). The predicted molar refractivity (Wildman–Crippen MR) is 120 cm³/mol. The van der Waals surface area contributed by atoms with Crippen molar-refractivity contribution in [1.29, 1.82) is 0 Å². The van der Waals surface area contributed by atoms with Gasteiger partial charge in [0.2, 0.25) is 5.91 Å². The summed E-state index contributed by atoms with van der Waals surface area (Å²) in [7, 11) is 0. The molecule has 0 saturated carbocycles. The lowest BCUT2D eigenvalue weighted by atomic mass is 9.91. The van der Waals surface area contributed by atoms with Crippen molar-refractivity contribution in [2.45, 2.75) is 65.6 Å². The van der Waals surface area contributed by atoms with Gasteiger partial charge < -0.3 is 10.6 Å². The molecule has 1 aromatic rings. The van der Waals surface area contributed by atoms with Crippen LogP contribution in [0.3, 0.4) is 0 Å². The second-order valence-corrected chi connectivity index (χ2v) is 9.34. The molecule has 4 amide bonds. The summed E-state index contributed by atoms with van der Waals surface area (Å²) in [6.45, 7) is 11.7. The molecule has 31 heavy (non-hydrogen) atoms. The van der Waals surface area contributed by atoms with Crippen LogP contribution in [0.25, 0.3) is 0 Å². The average molecular weight is 429 g/mol. The molecule has 2 N–H and O–H groups in total. The second-order valence-electron chi connectivity index (χ2n) is 9.34. The van der Waals surface area contributed by atoms with E-state index in [1.165, 1.54) is 12.0 Å². The number of piperidine rings is 1. The highest BCUT2D eigenvalue weighted by atomic mass is 16.2. The lowest BCUT2D eigenvalue weighted by Gasteiger charge is -2.35. The molecule has 0 bridgehead atoms. The predicted octanol–water partition coefficient (Wildman–Crippen LogP) is 2.89. The molecule has 0 aromatic heterocycles. The molecule has 2 saturated heterocycles. The number of rotatable bonds is 8. The van der Waals surface area contributed by atoms with Gasteiger partial charge in [0, 0.05) is 26.2 Å². The number of imide groups is 1. The molecule has 2 aliphatic rings. The van der Waals surface area contributed by atoms with Gasteiger partial charge >= 0.3 is 6.03 Å². The Bertz CT molecular complexity index is 794. The lowest BCUT2D eigenvalue weighted by molar-refractivity contribution is -0.135. The van der Waals surface area contributed by atoms with Crippen LogP contribution in [0.1, 0.15) is 58.1 Å². The van der Waals surface area contributed by atoms with Crippen molar-refractivity contribution in [2.24, 2.45) is 11.8 Å². The Morgan fingerprint density at radius 3 is 2.19 bits per heavy atom. The van der Waals surface area contributed by atoms with E-state index in [0.29, 0.717) is 19.4 Å². The number of amides is 4. The van der Waals surface area contributed by atoms with E-state index in [2.05, 4.69) is 41.5 Å². The van der Waals surface area contributed by atoms with Gasteiger partial charge in [-0.1, -0.05) is 52.0 Å². The van der Waals surface area contributed by atoms with Gasteiger partial charge in [0.05, 0.1) is 0 Å². The van der Waals surface area contributed by atoms with Crippen LogP contribution >= 0.6 is 0 Å². The molecule has 0 spiro atoms. The molecule has 0 radical (unpaired) electrons. The SMILES string of the molecule is CCC1(CC)NC(=O)N(CC(=O)NCc2ccc(CN3C[C@H](C)C[C@H](C)C3)cc2)C1=O. The second kappa shape index (κ2) is 9.81. The van der Waals surface area contributed by atoms with Gasteiger partial charge in [0.1, 0.15) is 12.1 Å². The van der Waals surface area contributed by atoms with E-state index in [9.17, 15) is 14.4 Å². The van der Waals surface area contributed by atoms with Crippen LogP contribution in [0.4, 0.5) is 4.79 Å². The third-order valence-electron chi connectivity index (χ3n) is 6.62. The average Bonchev–Trinajstić information content (AvgIpc) is 2.97. The summed E-state index contributed by atoms with van der Waals surface area (Å²) >= 11 is 0. The fraction of sp³-hybridized carbons (Fsp3) is 0.625. The normalized spacial score (nSPS) is 23.7. The van der Waals surface area contributed by atoms with Crippen molar-refractivity contribution in [1.82, 2.24) is 20.4 Å². The number of carbonyl (C=O) groups is 3. The zero-order valence-corrected chi connectivity index (χ0v) is 19.2. The lowest BCUT2D eigenvalue weighted by Crippen LogP contribution is -2.46. The number of urea groups is 1. The molecule has 2 atom stereocenters. The van der Waals surface area contributed by atoms with Gasteiger partial charge in [-0.05, 0) is 42.2 Å². The number of likely N-dealkylation sites (tertiary alicyclic amines) is 1. The van der Waals surface area contributed by atoms with Gasteiger partial charge in [-0.15, -0.1) is 0 Å². The van der Waals surface area contributed by atoms with Crippen molar-refractivity contribution in [2.75, 3.05) is 19.6 Å². The van der Waals surface area contributed by atoms with E-state index in [-0.39, 0.29) is 18.4 Å². The standard InChI is InChI=1S/C24H36N4O3/c1-5-24(6-2)22(30)28(23(31)26-24)16-21(29)25-12-19-7-9-20(10-8-19)15-27-13-17(3)11-18(4)14-27/h7-10,17-18H,5-6,11-16H2,1-4H3,(H,25,29)(H,26,31)/t17-,18+. The monoisotopic (exact) mass is 428 g/mol. The van der Waals surface area contributed by atoms with Crippen LogP contribution in [-0.2, 0) is 22.7 Å². The first-order valence-electron chi connectivity index (χ1n) is 11.5. The summed E-state index contributed by atoms with van der Waals surface area (Å²) in [5.41, 5.74) is 1.38. The van der Waals surface area contributed by atoms with Crippen molar-refractivity contribution in [3.8, 4) is 0 Å². The van der Waals surface area contributed by atoms with Crippen LogP contribution in [0.2, 0.25) is 0 Å². The van der Waals surface area contributed by atoms with Gasteiger partial charge in [-0.2, -0.15) is 0 Å². The smallest absolute Gasteiger partial charge is 0.325 e. The van der Waals surface area contributed by atoms with Crippen LogP contribution < -0.4 is 10.6 Å². The third kappa shape index (κ3) is 5.45. The van der Waals surface area contributed by atoms with E-state index in [0.717, 1.165) is 41.9 Å². The first-order valence-corrected chi connectivity index (χ1v) is 11.5. The minimum Gasteiger partial charge on any atom is -0.350 e. The van der Waals surface area contributed by atoms with Crippen molar-refractivity contribution >= 4 is 17.8 Å². The molecule has 170 valence electrons. The van der Waals surface area contributed by atoms with Crippen LogP contribution in [0.5, 0.6) is 0 Å². The zero-order valence-electron chi connectivity index (χ0n) is 19.2. The summed E-state index contributed by atoms with van der Waals surface area (Å²) < 4.78 is 0. The maximum absolute atomic E-state index is 12.6. The molecule has 2 aliphatic heterocycles.